The second-order valence-corrected chi connectivity index (χ2v) is 8.53. The number of nitrogens with one attached hydrogen (secondary N) is 1. The van der Waals surface area contributed by atoms with Crippen LogP contribution in [0.2, 0.25) is 0 Å². The molecule has 0 bridgehead atoms. The monoisotopic (exact) mass is 273 g/mol. The lowest BCUT2D eigenvalue weighted by molar-refractivity contribution is -0.0713. The summed E-state index contributed by atoms with van der Waals surface area (Å²) in [6.45, 7) is 2.37. The van der Waals surface area contributed by atoms with Gasteiger partial charge in [0.1, 0.15) is 0 Å². The van der Waals surface area contributed by atoms with Crippen LogP contribution in [-0.2, 0) is 14.6 Å². The highest BCUT2D eigenvalue weighted by Gasteiger charge is 2.44. The minimum absolute atomic E-state index is 0.0894. The van der Waals surface area contributed by atoms with Crippen molar-refractivity contribution in [2.75, 3.05) is 25.4 Å². The summed E-state index contributed by atoms with van der Waals surface area (Å²) in [7, 11) is -2.93. The van der Waals surface area contributed by atoms with Crippen LogP contribution in [0, 0.1) is 5.92 Å². The molecule has 2 heterocycles. The molecule has 0 radical (unpaired) electrons. The van der Waals surface area contributed by atoms with Crippen molar-refractivity contribution >= 4 is 9.84 Å². The fraction of sp³-hybridized carbons (Fsp3) is 1.00. The van der Waals surface area contributed by atoms with Gasteiger partial charge in [-0.2, -0.15) is 0 Å². The highest BCUT2D eigenvalue weighted by Crippen LogP contribution is 2.41. The average molecular weight is 273 g/mol. The maximum absolute atomic E-state index is 12.4. The molecule has 4 nitrogen and oxygen atoms in total. The molecule has 1 atom stereocenters. The molecular formula is C13H23NO3S. The van der Waals surface area contributed by atoms with Crippen molar-refractivity contribution in [3.8, 4) is 0 Å². The molecule has 3 aliphatic rings. The van der Waals surface area contributed by atoms with E-state index in [1.54, 1.807) is 0 Å². The van der Waals surface area contributed by atoms with E-state index >= 15 is 0 Å². The van der Waals surface area contributed by atoms with Gasteiger partial charge in [0.25, 0.3) is 0 Å². The second kappa shape index (κ2) is 4.76. The molecule has 0 aromatic heterocycles. The summed E-state index contributed by atoms with van der Waals surface area (Å²) < 4.78 is 30.8. The smallest absolute Gasteiger partial charge is 0.153 e. The molecule has 0 aromatic rings. The van der Waals surface area contributed by atoms with Gasteiger partial charge >= 0.3 is 0 Å². The predicted molar refractivity (Wildman–Crippen MR) is 70.3 cm³/mol. The van der Waals surface area contributed by atoms with Gasteiger partial charge in [0.2, 0.25) is 0 Å². The van der Waals surface area contributed by atoms with E-state index in [2.05, 4.69) is 5.32 Å². The van der Waals surface area contributed by atoms with Crippen LogP contribution in [0.3, 0.4) is 0 Å². The largest absolute Gasteiger partial charge is 0.375 e. The standard InChI is InChI=1S/C13H23NO3S/c15-18(16,10-11-8-14-9-11)12-3-6-17-13(7-12)4-1-2-5-13/h11-12,14H,1-10H2. The van der Waals surface area contributed by atoms with Crippen LogP contribution >= 0.6 is 0 Å². The Balaban J connectivity index is 1.67. The van der Waals surface area contributed by atoms with Crippen molar-refractivity contribution < 1.29 is 13.2 Å². The molecule has 2 aliphatic heterocycles. The van der Waals surface area contributed by atoms with Gasteiger partial charge in [-0.05, 0) is 31.6 Å². The third-order valence-electron chi connectivity index (χ3n) is 4.80. The van der Waals surface area contributed by atoms with E-state index in [1.807, 2.05) is 0 Å². The number of rotatable bonds is 3. The molecule has 3 fully saturated rings. The van der Waals surface area contributed by atoms with Gasteiger partial charge in [0.15, 0.2) is 9.84 Å². The van der Waals surface area contributed by atoms with Crippen molar-refractivity contribution in [1.82, 2.24) is 5.32 Å². The summed E-state index contributed by atoms with van der Waals surface area (Å²) in [5.74, 6) is 0.721. The first-order valence-corrected chi connectivity index (χ1v) is 8.87. The van der Waals surface area contributed by atoms with Crippen LogP contribution in [0.4, 0.5) is 0 Å². The molecule has 0 aromatic carbocycles. The molecule has 0 amide bonds. The molecule has 1 saturated carbocycles. The summed E-state index contributed by atoms with van der Waals surface area (Å²) in [6, 6.07) is 0. The Morgan fingerprint density at radius 3 is 2.56 bits per heavy atom. The van der Waals surface area contributed by atoms with Gasteiger partial charge in [-0.25, -0.2) is 8.42 Å². The van der Waals surface area contributed by atoms with Gasteiger partial charge in [-0.1, -0.05) is 12.8 Å². The lowest BCUT2D eigenvalue weighted by atomic mass is 9.92. The highest BCUT2D eigenvalue weighted by atomic mass is 32.2. The van der Waals surface area contributed by atoms with Gasteiger partial charge in [-0.3, -0.25) is 0 Å². The van der Waals surface area contributed by atoms with Crippen molar-refractivity contribution in [2.24, 2.45) is 5.92 Å². The first-order chi connectivity index (χ1) is 8.60. The summed E-state index contributed by atoms with van der Waals surface area (Å²) in [5.41, 5.74) is -0.0894. The molecule has 18 heavy (non-hydrogen) atoms. The van der Waals surface area contributed by atoms with Gasteiger partial charge in [0.05, 0.1) is 16.6 Å². The quantitative estimate of drug-likeness (QED) is 0.837. The number of ether oxygens (including phenoxy) is 1. The van der Waals surface area contributed by atoms with Crippen molar-refractivity contribution in [3.05, 3.63) is 0 Å². The van der Waals surface area contributed by atoms with E-state index in [0.717, 1.165) is 32.4 Å². The molecule has 1 N–H and O–H groups in total. The predicted octanol–water partition coefficient (Wildman–Crippen LogP) is 1.11. The Morgan fingerprint density at radius 1 is 1.22 bits per heavy atom. The van der Waals surface area contributed by atoms with Crippen LogP contribution in [-0.4, -0.2) is 44.7 Å². The number of sulfone groups is 1. The molecular weight excluding hydrogens is 250 g/mol. The lowest BCUT2D eigenvalue weighted by Gasteiger charge is -2.39. The van der Waals surface area contributed by atoms with E-state index in [0.29, 0.717) is 24.7 Å². The van der Waals surface area contributed by atoms with Crippen LogP contribution in [0.15, 0.2) is 0 Å². The Morgan fingerprint density at radius 2 is 1.94 bits per heavy atom. The molecule has 2 saturated heterocycles. The minimum atomic E-state index is -2.93. The van der Waals surface area contributed by atoms with E-state index in [4.69, 9.17) is 4.74 Å². The number of hydrogen-bond donors (Lipinski definition) is 1. The van der Waals surface area contributed by atoms with Crippen LogP contribution < -0.4 is 5.32 Å². The normalized spacial score (nSPS) is 32.6. The zero-order valence-electron chi connectivity index (χ0n) is 10.9. The van der Waals surface area contributed by atoms with Gasteiger partial charge in [0, 0.05) is 19.7 Å². The first-order valence-electron chi connectivity index (χ1n) is 7.16. The minimum Gasteiger partial charge on any atom is -0.375 e. The topological polar surface area (TPSA) is 55.4 Å². The molecule has 5 heteroatoms. The highest BCUT2D eigenvalue weighted by molar-refractivity contribution is 7.92. The molecule has 1 aliphatic carbocycles. The number of hydrogen-bond acceptors (Lipinski definition) is 4. The van der Waals surface area contributed by atoms with E-state index in [1.165, 1.54) is 12.8 Å². The lowest BCUT2D eigenvalue weighted by Crippen LogP contribution is -2.49. The van der Waals surface area contributed by atoms with Crippen LogP contribution in [0.25, 0.3) is 0 Å². The van der Waals surface area contributed by atoms with Crippen molar-refractivity contribution in [1.29, 1.82) is 0 Å². The summed E-state index contributed by atoms with van der Waals surface area (Å²) in [5, 5.41) is 3.00. The third-order valence-corrected chi connectivity index (χ3v) is 7.16. The Labute approximate surface area is 109 Å². The fourth-order valence-electron chi connectivity index (χ4n) is 3.59. The Kier molecular flexibility index (Phi) is 3.41. The van der Waals surface area contributed by atoms with Crippen molar-refractivity contribution in [3.63, 3.8) is 0 Å². The first kappa shape index (κ1) is 12.9. The zero-order chi connectivity index (χ0) is 12.6. The zero-order valence-corrected chi connectivity index (χ0v) is 11.7. The maximum Gasteiger partial charge on any atom is 0.153 e. The fourth-order valence-corrected chi connectivity index (χ4v) is 5.77. The molecule has 1 unspecified atom stereocenters. The third kappa shape index (κ3) is 2.45. The Bertz CT molecular complexity index is 396. The Hall–Kier alpha value is -0.130. The van der Waals surface area contributed by atoms with E-state index in [9.17, 15) is 8.42 Å². The van der Waals surface area contributed by atoms with Gasteiger partial charge in [-0.15, -0.1) is 0 Å². The summed E-state index contributed by atoms with van der Waals surface area (Å²) in [6.07, 6.45) is 5.95. The second-order valence-electron chi connectivity index (χ2n) is 6.21. The summed E-state index contributed by atoms with van der Waals surface area (Å²) in [4.78, 5) is 0. The summed E-state index contributed by atoms with van der Waals surface area (Å²) >= 11 is 0. The average Bonchev–Trinajstić information content (AvgIpc) is 2.72. The molecule has 3 rings (SSSR count). The van der Waals surface area contributed by atoms with Gasteiger partial charge < -0.3 is 10.1 Å². The van der Waals surface area contributed by atoms with E-state index < -0.39 is 9.84 Å². The SMILES string of the molecule is O=S(=O)(CC1CNC1)C1CCOC2(CCCC2)C1. The molecule has 1 spiro atoms. The van der Waals surface area contributed by atoms with E-state index in [-0.39, 0.29) is 10.9 Å². The molecule has 104 valence electrons. The van der Waals surface area contributed by atoms with Crippen LogP contribution in [0.5, 0.6) is 0 Å². The maximum atomic E-state index is 12.4. The van der Waals surface area contributed by atoms with Crippen molar-refractivity contribution in [2.45, 2.75) is 49.4 Å². The van der Waals surface area contributed by atoms with Crippen LogP contribution in [0.1, 0.15) is 38.5 Å².